The molecule has 26 heavy (non-hydrogen) atoms. The topological polar surface area (TPSA) is 45.2 Å². The van der Waals surface area contributed by atoms with Crippen molar-refractivity contribution in [3.8, 4) is 0 Å². The smallest absolute Gasteiger partial charge is 0.274 e. The van der Waals surface area contributed by atoms with Gasteiger partial charge in [-0.25, -0.2) is 4.39 Å². The number of carbonyl (C=O) groups excluding carboxylic acids is 1. The third-order valence-electron chi connectivity index (χ3n) is 4.54. The molecule has 1 aliphatic rings. The number of nitrogens with one attached hydrogen (secondary N) is 1. The number of hydrogen-bond acceptors (Lipinski definition) is 3. The standard InChI is InChI=1S/C21H18FN3O/c1-14-11-15-5-2-3-8-20(15)25(14)18-9-10-23-19(13-18)21(26)24-17-7-4-6-16(22)12-17/h2-10,12-14H,11H2,1H3,(H,24,26). The molecular formula is C21H18FN3O. The van der Waals surface area contributed by atoms with E-state index in [1.54, 1.807) is 24.4 Å². The van der Waals surface area contributed by atoms with Crippen LogP contribution in [0.15, 0.2) is 66.9 Å². The number of rotatable bonds is 3. The quantitative estimate of drug-likeness (QED) is 0.756. The molecule has 5 heteroatoms. The van der Waals surface area contributed by atoms with Crippen molar-refractivity contribution in [3.05, 3.63) is 83.9 Å². The molecule has 2 aromatic carbocycles. The molecule has 4 rings (SSSR count). The van der Waals surface area contributed by atoms with Crippen molar-refractivity contribution >= 4 is 23.0 Å². The van der Waals surface area contributed by atoms with Gasteiger partial charge in [-0.15, -0.1) is 0 Å². The molecule has 0 saturated heterocycles. The Labute approximate surface area is 151 Å². The van der Waals surface area contributed by atoms with E-state index in [2.05, 4.69) is 34.3 Å². The summed E-state index contributed by atoms with van der Waals surface area (Å²) in [6.07, 6.45) is 2.59. The van der Waals surface area contributed by atoms with Crippen molar-refractivity contribution in [1.29, 1.82) is 0 Å². The number of aromatic nitrogens is 1. The summed E-state index contributed by atoms with van der Waals surface area (Å²) in [5, 5.41) is 2.69. The Kier molecular flexibility index (Phi) is 4.13. The van der Waals surface area contributed by atoms with Gasteiger partial charge in [-0.05, 0) is 55.3 Å². The van der Waals surface area contributed by atoms with E-state index >= 15 is 0 Å². The Morgan fingerprint density at radius 2 is 2.00 bits per heavy atom. The Morgan fingerprint density at radius 1 is 1.15 bits per heavy atom. The van der Waals surface area contributed by atoms with Gasteiger partial charge >= 0.3 is 0 Å². The van der Waals surface area contributed by atoms with Gasteiger partial charge in [-0.2, -0.15) is 0 Å². The van der Waals surface area contributed by atoms with E-state index in [0.717, 1.165) is 17.8 Å². The van der Waals surface area contributed by atoms with Gasteiger partial charge in [0.15, 0.2) is 0 Å². The zero-order valence-electron chi connectivity index (χ0n) is 14.3. The van der Waals surface area contributed by atoms with Gasteiger partial charge in [-0.1, -0.05) is 24.3 Å². The first kappa shape index (κ1) is 16.3. The van der Waals surface area contributed by atoms with Crippen LogP contribution >= 0.6 is 0 Å². The number of hydrogen-bond donors (Lipinski definition) is 1. The second-order valence-electron chi connectivity index (χ2n) is 6.42. The first-order valence-electron chi connectivity index (χ1n) is 8.52. The minimum atomic E-state index is -0.396. The van der Waals surface area contributed by atoms with Crippen LogP contribution < -0.4 is 10.2 Å². The fraction of sp³-hybridized carbons (Fsp3) is 0.143. The number of halogens is 1. The van der Waals surface area contributed by atoms with Crippen molar-refractivity contribution in [2.45, 2.75) is 19.4 Å². The fourth-order valence-corrected chi connectivity index (χ4v) is 3.41. The second-order valence-corrected chi connectivity index (χ2v) is 6.42. The minimum Gasteiger partial charge on any atom is -0.338 e. The zero-order chi connectivity index (χ0) is 18.1. The molecule has 0 aliphatic carbocycles. The van der Waals surface area contributed by atoms with Crippen molar-refractivity contribution in [1.82, 2.24) is 4.98 Å². The highest BCUT2D eigenvalue weighted by Gasteiger charge is 2.27. The van der Waals surface area contributed by atoms with Gasteiger partial charge in [0, 0.05) is 29.3 Å². The Balaban J connectivity index is 1.62. The molecule has 0 saturated carbocycles. The number of anilines is 3. The monoisotopic (exact) mass is 347 g/mol. The maximum Gasteiger partial charge on any atom is 0.274 e. The average molecular weight is 347 g/mol. The maximum atomic E-state index is 13.3. The summed E-state index contributed by atoms with van der Waals surface area (Å²) in [6.45, 7) is 2.16. The summed E-state index contributed by atoms with van der Waals surface area (Å²) in [5.41, 5.74) is 4.07. The Bertz CT molecular complexity index is 973. The van der Waals surface area contributed by atoms with E-state index in [0.29, 0.717) is 17.4 Å². The number of nitrogens with zero attached hydrogens (tertiary/aromatic N) is 2. The summed E-state index contributed by atoms with van der Waals surface area (Å²) >= 11 is 0. The molecular weight excluding hydrogens is 329 g/mol. The van der Waals surface area contributed by atoms with E-state index in [-0.39, 0.29) is 5.91 Å². The van der Waals surface area contributed by atoms with Gasteiger partial charge in [0.05, 0.1) is 0 Å². The SMILES string of the molecule is CC1Cc2ccccc2N1c1ccnc(C(=O)Nc2cccc(F)c2)c1. The van der Waals surface area contributed by atoms with E-state index < -0.39 is 5.82 Å². The summed E-state index contributed by atoms with van der Waals surface area (Å²) in [7, 11) is 0. The number of fused-ring (bicyclic) bond motifs is 1. The second kappa shape index (κ2) is 6.59. The predicted molar refractivity (Wildman–Crippen MR) is 100 cm³/mol. The van der Waals surface area contributed by atoms with Crippen LogP contribution in [0, 0.1) is 5.82 Å². The molecule has 130 valence electrons. The van der Waals surface area contributed by atoms with E-state index in [1.165, 1.54) is 17.7 Å². The lowest BCUT2D eigenvalue weighted by atomic mass is 10.1. The molecule has 0 fully saturated rings. The maximum absolute atomic E-state index is 13.3. The highest BCUT2D eigenvalue weighted by atomic mass is 19.1. The van der Waals surface area contributed by atoms with Gasteiger partial charge in [0.2, 0.25) is 0 Å². The molecule has 0 spiro atoms. The molecule has 1 unspecified atom stereocenters. The molecule has 2 heterocycles. The van der Waals surface area contributed by atoms with Gasteiger partial charge in [-0.3, -0.25) is 9.78 Å². The number of amides is 1. The molecule has 1 amide bonds. The lowest BCUT2D eigenvalue weighted by Gasteiger charge is -2.25. The molecule has 1 aromatic heterocycles. The molecule has 1 aliphatic heterocycles. The number of pyridine rings is 1. The van der Waals surface area contributed by atoms with Crippen molar-refractivity contribution in [2.24, 2.45) is 0 Å². The fourth-order valence-electron chi connectivity index (χ4n) is 3.41. The van der Waals surface area contributed by atoms with Crippen LogP contribution in [0.1, 0.15) is 23.0 Å². The molecule has 1 atom stereocenters. The molecule has 1 N–H and O–H groups in total. The molecule has 0 radical (unpaired) electrons. The van der Waals surface area contributed by atoms with Gasteiger partial charge < -0.3 is 10.2 Å². The molecule has 4 nitrogen and oxygen atoms in total. The number of para-hydroxylation sites is 1. The first-order valence-corrected chi connectivity index (χ1v) is 8.52. The predicted octanol–water partition coefficient (Wildman–Crippen LogP) is 4.56. The first-order chi connectivity index (χ1) is 12.6. The van der Waals surface area contributed by atoms with Crippen LogP contribution in [0.3, 0.4) is 0 Å². The summed E-state index contributed by atoms with van der Waals surface area (Å²) < 4.78 is 13.3. The lowest BCUT2D eigenvalue weighted by molar-refractivity contribution is 0.102. The zero-order valence-corrected chi connectivity index (χ0v) is 14.3. The van der Waals surface area contributed by atoms with Crippen LogP contribution in [0.2, 0.25) is 0 Å². The molecule has 0 bridgehead atoms. The van der Waals surface area contributed by atoms with E-state index in [4.69, 9.17) is 0 Å². The molecule has 3 aromatic rings. The Hall–Kier alpha value is -3.21. The van der Waals surface area contributed by atoms with Crippen LogP contribution in [0.5, 0.6) is 0 Å². The number of carbonyl (C=O) groups is 1. The normalized spacial score (nSPS) is 15.6. The largest absolute Gasteiger partial charge is 0.338 e. The van der Waals surface area contributed by atoms with Crippen molar-refractivity contribution in [2.75, 3.05) is 10.2 Å². The number of benzene rings is 2. The van der Waals surface area contributed by atoms with Crippen LogP contribution in [-0.2, 0) is 6.42 Å². The highest BCUT2D eigenvalue weighted by molar-refractivity contribution is 6.03. The summed E-state index contributed by atoms with van der Waals surface area (Å²) in [4.78, 5) is 18.9. The lowest BCUT2D eigenvalue weighted by Crippen LogP contribution is -2.24. The van der Waals surface area contributed by atoms with Crippen molar-refractivity contribution in [3.63, 3.8) is 0 Å². The van der Waals surface area contributed by atoms with E-state index in [1.807, 2.05) is 18.2 Å². The van der Waals surface area contributed by atoms with Gasteiger partial charge in [0.1, 0.15) is 11.5 Å². The Morgan fingerprint density at radius 3 is 2.85 bits per heavy atom. The third kappa shape index (κ3) is 3.04. The van der Waals surface area contributed by atoms with Crippen LogP contribution in [0.25, 0.3) is 0 Å². The van der Waals surface area contributed by atoms with Gasteiger partial charge in [0.25, 0.3) is 5.91 Å². The summed E-state index contributed by atoms with van der Waals surface area (Å²) in [6, 6.07) is 18.1. The third-order valence-corrected chi connectivity index (χ3v) is 4.54. The van der Waals surface area contributed by atoms with Crippen LogP contribution in [-0.4, -0.2) is 16.9 Å². The highest BCUT2D eigenvalue weighted by Crippen LogP contribution is 2.38. The van der Waals surface area contributed by atoms with Crippen molar-refractivity contribution < 1.29 is 9.18 Å². The van der Waals surface area contributed by atoms with E-state index in [9.17, 15) is 9.18 Å². The average Bonchev–Trinajstić information content (AvgIpc) is 2.97. The van der Waals surface area contributed by atoms with Crippen LogP contribution in [0.4, 0.5) is 21.5 Å². The minimum absolute atomic E-state index is 0.295. The summed E-state index contributed by atoms with van der Waals surface area (Å²) in [5.74, 6) is -0.760.